The molecule has 0 atom stereocenters. The fraction of sp³-hybridized carbons (Fsp3) is 0.435. The van der Waals surface area contributed by atoms with Crippen molar-refractivity contribution in [1.29, 1.82) is 0 Å². The molecule has 0 unspecified atom stereocenters. The van der Waals surface area contributed by atoms with Gasteiger partial charge in [0.1, 0.15) is 0 Å². The number of halogens is 1. The van der Waals surface area contributed by atoms with Crippen molar-refractivity contribution in [3.05, 3.63) is 58.1 Å². The Labute approximate surface area is 183 Å². The van der Waals surface area contributed by atoms with E-state index < -0.39 is 10.0 Å². The number of carbonyl (C=O) groups is 1. The van der Waals surface area contributed by atoms with E-state index in [1.807, 2.05) is 25.1 Å². The van der Waals surface area contributed by atoms with E-state index in [1.54, 1.807) is 18.2 Å². The molecule has 2 aliphatic rings. The van der Waals surface area contributed by atoms with Crippen molar-refractivity contribution in [3.8, 4) is 0 Å². The smallest absolute Gasteiger partial charge is 0.243 e. The molecule has 1 saturated heterocycles. The van der Waals surface area contributed by atoms with Gasteiger partial charge in [0.05, 0.1) is 4.90 Å². The number of benzene rings is 2. The summed E-state index contributed by atoms with van der Waals surface area (Å²) in [5.74, 6) is -0.263. The number of sulfonamides is 1. The summed E-state index contributed by atoms with van der Waals surface area (Å²) in [6.45, 7) is 2.61. The zero-order chi connectivity index (χ0) is 21.3. The van der Waals surface area contributed by atoms with Crippen LogP contribution in [0.2, 0.25) is 5.02 Å². The third-order valence-corrected chi connectivity index (χ3v) is 8.36. The summed E-state index contributed by atoms with van der Waals surface area (Å²) in [7, 11) is -3.53. The minimum Gasteiger partial charge on any atom is -0.326 e. The van der Waals surface area contributed by atoms with Crippen LogP contribution < -0.4 is 5.32 Å². The Bertz CT molecular complexity index is 1060. The van der Waals surface area contributed by atoms with Gasteiger partial charge in [0.2, 0.25) is 15.9 Å². The Morgan fingerprint density at radius 1 is 1.03 bits per heavy atom. The standard InChI is InChI=1S/C23H27ClN2O3S/c1-16-14-20(24)7-9-22(16)25-23(27)18-10-12-26(13-11-18)30(28,29)21-8-6-17-4-2-3-5-19(17)15-21/h6-9,14-15,18H,2-5,10-13H2,1H3,(H,25,27). The van der Waals surface area contributed by atoms with Crippen LogP contribution in [0, 0.1) is 12.8 Å². The molecule has 2 aromatic rings. The number of nitrogens with zero attached hydrogens (tertiary/aromatic N) is 1. The summed E-state index contributed by atoms with van der Waals surface area (Å²) >= 11 is 5.98. The fourth-order valence-electron chi connectivity index (χ4n) is 4.38. The molecule has 30 heavy (non-hydrogen) atoms. The summed E-state index contributed by atoms with van der Waals surface area (Å²) in [6.07, 6.45) is 5.30. The number of rotatable bonds is 4. The maximum atomic E-state index is 13.1. The summed E-state index contributed by atoms with van der Waals surface area (Å²) in [4.78, 5) is 13.1. The molecule has 2 aromatic carbocycles. The Balaban J connectivity index is 1.40. The van der Waals surface area contributed by atoms with Crippen molar-refractivity contribution in [2.24, 2.45) is 5.92 Å². The highest BCUT2D eigenvalue weighted by atomic mass is 35.5. The Hall–Kier alpha value is -1.89. The molecular formula is C23H27ClN2O3S. The van der Waals surface area contributed by atoms with Crippen LogP contribution in [0.25, 0.3) is 0 Å². The van der Waals surface area contributed by atoms with Gasteiger partial charge in [-0.1, -0.05) is 17.7 Å². The second-order valence-electron chi connectivity index (χ2n) is 8.26. The van der Waals surface area contributed by atoms with Crippen LogP contribution in [-0.4, -0.2) is 31.7 Å². The molecular weight excluding hydrogens is 420 g/mol. The van der Waals surface area contributed by atoms with Crippen LogP contribution in [0.4, 0.5) is 5.69 Å². The van der Waals surface area contributed by atoms with E-state index in [-0.39, 0.29) is 11.8 Å². The molecule has 1 aliphatic carbocycles. The molecule has 0 bridgehead atoms. The largest absolute Gasteiger partial charge is 0.326 e. The van der Waals surface area contributed by atoms with Gasteiger partial charge in [0, 0.05) is 29.7 Å². The predicted molar refractivity (Wildman–Crippen MR) is 119 cm³/mol. The average Bonchev–Trinajstić information content (AvgIpc) is 2.75. The Kier molecular flexibility index (Phi) is 6.19. The van der Waals surface area contributed by atoms with Crippen molar-refractivity contribution in [1.82, 2.24) is 4.31 Å². The van der Waals surface area contributed by atoms with E-state index in [2.05, 4.69) is 5.32 Å². The second kappa shape index (κ2) is 8.69. The van der Waals surface area contributed by atoms with Gasteiger partial charge in [-0.15, -0.1) is 0 Å². The summed E-state index contributed by atoms with van der Waals surface area (Å²) < 4.78 is 27.8. The lowest BCUT2D eigenvalue weighted by atomic mass is 9.92. The number of amides is 1. The maximum absolute atomic E-state index is 13.1. The van der Waals surface area contributed by atoms with Gasteiger partial charge < -0.3 is 5.32 Å². The molecule has 1 amide bonds. The van der Waals surface area contributed by atoms with Gasteiger partial charge in [0.25, 0.3) is 0 Å². The highest BCUT2D eigenvalue weighted by Gasteiger charge is 2.32. The predicted octanol–water partition coefficient (Wildman–Crippen LogP) is 4.57. The van der Waals surface area contributed by atoms with E-state index in [0.29, 0.717) is 35.8 Å². The number of anilines is 1. The van der Waals surface area contributed by atoms with Gasteiger partial charge in [-0.05, 0) is 92.5 Å². The highest BCUT2D eigenvalue weighted by molar-refractivity contribution is 7.89. The van der Waals surface area contributed by atoms with E-state index in [0.717, 1.165) is 36.1 Å². The minimum atomic E-state index is -3.53. The first-order valence-electron chi connectivity index (χ1n) is 10.5. The Morgan fingerprint density at radius 2 is 1.73 bits per heavy atom. The summed E-state index contributed by atoms with van der Waals surface area (Å²) in [6, 6.07) is 10.9. The second-order valence-corrected chi connectivity index (χ2v) is 10.6. The maximum Gasteiger partial charge on any atom is 0.243 e. The molecule has 1 aliphatic heterocycles. The summed E-state index contributed by atoms with van der Waals surface area (Å²) in [5, 5.41) is 3.59. The first kappa shape index (κ1) is 21.3. The fourth-order valence-corrected chi connectivity index (χ4v) is 6.13. The number of carbonyl (C=O) groups excluding carboxylic acids is 1. The first-order chi connectivity index (χ1) is 14.3. The van der Waals surface area contributed by atoms with Crippen LogP contribution in [0.5, 0.6) is 0 Å². The van der Waals surface area contributed by atoms with E-state index in [9.17, 15) is 13.2 Å². The molecule has 0 saturated carbocycles. The molecule has 0 radical (unpaired) electrons. The molecule has 7 heteroatoms. The minimum absolute atomic E-state index is 0.0637. The van der Waals surface area contributed by atoms with Gasteiger partial charge in [0.15, 0.2) is 0 Å². The van der Waals surface area contributed by atoms with Crippen molar-refractivity contribution in [2.45, 2.75) is 50.3 Å². The van der Waals surface area contributed by atoms with Crippen LogP contribution >= 0.6 is 11.6 Å². The third kappa shape index (κ3) is 4.41. The third-order valence-electron chi connectivity index (χ3n) is 6.23. The van der Waals surface area contributed by atoms with Gasteiger partial charge in [-0.2, -0.15) is 4.31 Å². The molecule has 1 fully saturated rings. The van der Waals surface area contributed by atoms with E-state index in [1.165, 1.54) is 16.3 Å². The van der Waals surface area contributed by atoms with Gasteiger partial charge in [-0.3, -0.25) is 4.79 Å². The molecule has 0 spiro atoms. The normalized spacial score (nSPS) is 18.1. The van der Waals surface area contributed by atoms with Crippen LogP contribution in [0.15, 0.2) is 41.3 Å². The topological polar surface area (TPSA) is 66.5 Å². The monoisotopic (exact) mass is 446 g/mol. The van der Waals surface area contributed by atoms with Crippen molar-refractivity contribution in [3.63, 3.8) is 0 Å². The number of hydrogen-bond acceptors (Lipinski definition) is 3. The SMILES string of the molecule is Cc1cc(Cl)ccc1NC(=O)C1CCN(S(=O)(=O)c2ccc3c(c2)CCCC3)CC1. The molecule has 1 N–H and O–H groups in total. The van der Waals surface area contributed by atoms with Crippen LogP contribution in [0.1, 0.15) is 42.4 Å². The molecule has 0 aromatic heterocycles. The quantitative estimate of drug-likeness (QED) is 0.748. The number of aryl methyl sites for hydroxylation is 3. The molecule has 1 heterocycles. The van der Waals surface area contributed by atoms with Gasteiger partial charge >= 0.3 is 0 Å². The first-order valence-corrected chi connectivity index (χ1v) is 12.4. The lowest BCUT2D eigenvalue weighted by Crippen LogP contribution is -2.41. The van der Waals surface area contributed by atoms with E-state index >= 15 is 0 Å². The lowest BCUT2D eigenvalue weighted by Gasteiger charge is -2.31. The highest BCUT2D eigenvalue weighted by Crippen LogP contribution is 2.29. The molecule has 160 valence electrons. The van der Waals surface area contributed by atoms with Crippen molar-refractivity contribution in [2.75, 3.05) is 18.4 Å². The number of piperidine rings is 1. The Morgan fingerprint density at radius 3 is 2.43 bits per heavy atom. The van der Waals surface area contributed by atoms with Crippen molar-refractivity contribution < 1.29 is 13.2 Å². The summed E-state index contributed by atoms with van der Waals surface area (Å²) in [5.41, 5.74) is 4.08. The zero-order valence-corrected chi connectivity index (χ0v) is 18.7. The lowest BCUT2D eigenvalue weighted by molar-refractivity contribution is -0.120. The van der Waals surface area contributed by atoms with Crippen molar-refractivity contribution >= 4 is 33.2 Å². The molecule has 5 nitrogen and oxygen atoms in total. The van der Waals surface area contributed by atoms with Gasteiger partial charge in [-0.25, -0.2) is 8.42 Å². The molecule has 4 rings (SSSR count). The average molecular weight is 447 g/mol. The number of fused-ring (bicyclic) bond motifs is 1. The number of hydrogen-bond donors (Lipinski definition) is 1. The number of nitrogens with one attached hydrogen (secondary N) is 1. The van der Waals surface area contributed by atoms with E-state index in [4.69, 9.17) is 11.6 Å². The van der Waals surface area contributed by atoms with Crippen LogP contribution in [-0.2, 0) is 27.7 Å². The van der Waals surface area contributed by atoms with Crippen LogP contribution in [0.3, 0.4) is 0 Å². The zero-order valence-electron chi connectivity index (χ0n) is 17.2.